The van der Waals surface area contributed by atoms with Gasteiger partial charge in [0, 0.05) is 24.0 Å². The van der Waals surface area contributed by atoms with Crippen LogP contribution in [0, 0.1) is 24.0 Å². The molecule has 10 heteroatoms. The number of benzene rings is 2. The van der Waals surface area contributed by atoms with Gasteiger partial charge in [-0.3, -0.25) is 14.4 Å². The maximum atomic E-state index is 14.8. The number of nitrogens with one attached hydrogen (secondary N) is 3. The van der Waals surface area contributed by atoms with Crippen LogP contribution in [-0.4, -0.2) is 51.9 Å². The van der Waals surface area contributed by atoms with E-state index in [0.29, 0.717) is 11.3 Å². The van der Waals surface area contributed by atoms with Crippen LogP contribution in [0.2, 0.25) is 0 Å². The van der Waals surface area contributed by atoms with Crippen LogP contribution in [0.3, 0.4) is 0 Å². The van der Waals surface area contributed by atoms with Gasteiger partial charge in [0.25, 0.3) is 5.91 Å². The van der Waals surface area contributed by atoms with E-state index < -0.39 is 53.0 Å². The van der Waals surface area contributed by atoms with E-state index in [1.165, 1.54) is 18.7 Å². The molecule has 2 aliphatic rings. The molecule has 2 aliphatic heterocycles. The molecule has 3 heterocycles. The third kappa shape index (κ3) is 4.18. The molecule has 1 saturated heterocycles. The van der Waals surface area contributed by atoms with Crippen molar-refractivity contribution in [2.75, 3.05) is 11.9 Å². The fourth-order valence-electron chi connectivity index (χ4n) is 5.41. The second-order valence-electron chi connectivity index (χ2n) is 10.4. The average Bonchev–Trinajstić information content (AvgIpc) is 3.55. The Morgan fingerprint density at radius 2 is 1.95 bits per heavy atom. The number of terminal acetylenes is 1. The number of hydrogen-bond donors (Lipinski definition) is 3. The van der Waals surface area contributed by atoms with Crippen LogP contribution in [-0.2, 0) is 15.0 Å². The van der Waals surface area contributed by atoms with Gasteiger partial charge in [-0.25, -0.2) is 13.2 Å². The summed E-state index contributed by atoms with van der Waals surface area (Å²) in [5.74, 6) is -0.727. The van der Waals surface area contributed by atoms with Gasteiger partial charge in [0.1, 0.15) is 29.0 Å². The number of halogens is 3. The Morgan fingerprint density at radius 1 is 1.24 bits per heavy atom. The van der Waals surface area contributed by atoms with Crippen molar-refractivity contribution < 1.29 is 27.6 Å². The van der Waals surface area contributed by atoms with Gasteiger partial charge < -0.3 is 20.5 Å². The Bertz CT molecular complexity index is 1480. The van der Waals surface area contributed by atoms with Gasteiger partial charge in [-0.05, 0) is 50.1 Å². The van der Waals surface area contributed by atoms with Gasteiger partial charge in [0.15, 0.2) is 0 Å². The van der Waals surface area contributed by atoms with Crippen molar-refractivity contribution >= 4 is 34.3 Å². The summed E-state index contributed by atoms with van der Waals surface area (Å²) in [5.41, 5.74) is -2.00. The number of fused-ring (bicyclic) bond motifs is 3. The highest BCUT2D eigenvalue weighted by Crippen LogP contribution is 2.46. The molecule has 3 aromatic rings. The summed E-state index contributed by atoms with van der Waals surface area (Å²) in [6.07, 6.45) is 5.52. The molecule has 0 saturated carbocycles. The summed E-state index contributed by atoms with van der Waals surface area (Å²) < 4.78 is 43.1. The highest BCUT2D eigenvalue weighted by atomic mass is 19.1. The Kier molecular flexibility index (Phi) is 5.97. The molecule has 196 valence electrons. The summed E-state index contributed by atoms with van der Waals surface area (Å²) in [5, 5.41) is 5.21. The zero-order chi connectivity index (χ0) is 27.4. The number of aromatic nitrogens is 1. The van der Waals surface area contributed by atoms with Crippen molar-refractivity contribution in [1.82, 2.24) is 15.2 Å². The number of carbonyl (C=O) groups excluding carboxylic acids is 3. The first-order valence-corrected chi connectivity index (χ1v) is 12.1. The van der Waals surface area contributed by atoms with Gasteiger partial charge in [-0.15, -0.1) is 6.42 Å². The number of amides is 3. The maximum Gasteiger partial charge on any atom is 0.268 e. The lowest BCUT2D eigenvalue weighted by Gasteiger charge is -2.30. The standard InChI is InChI=1S/C28H25F3N4O3/c1-4-15-12-28(17-7-5-6-8-20(17)34-26(28)38)14-35(15)25(37)22(13-27(2,3)31)33-24(36)21-11-16-18(29)9-10-19(30)23(16)32-21/h1,5-11,15,22,32H,12-14H2,2-3H3,(H,33,36)(H,34,38)/t15-,22+,28+/m1/s1. The van der Waals surface area contributed by atoms with Gasteiger partial charge in [-0.2, -0.15) is 0 Å². The molecule has 38 heavy (non-hydrogen) atoms. The van der Waals surface area contributed by atoms with Crippen LogP contribution in [0.25, 0.3) is 10.9 Å². The highest BCUT2D eigenvalue weighted by molar-refractivity contribution is 6.07. The summed E-state index contributed by atoms with van der Waals surface area (Å²) in [6, 6.07) is 7.97. The quantitative estimate of drug-likeness (QED) is 0.445. The Balaban J connectivity index is 1.45. The molecule has 7 nitrogen and oxygen atoms in total. The van der Waals surface area contributed by atoms with E-state index in [4.69, 9.17) is 6.42 Å². The smallest absolute Gasteiger partial charge is 0.268 e. The molecule has 3 amide bonds. The van der Waals surface area contributed by atoms with E-state index in [2.05, 4.69) is 21.5 Å². The summed E-state index contributed by atoms with van der Waals surface area (Å²) in [4.78, 5) is 43.8. The molecule has 3 atom stereocenters. The number of para-hydroxylation sites is 1. The van der Waals surface area contributed by atoms with E-state index in [1.54, 1.807) is 24.3 Å². The fraction of sp³-hybridized carbons (Fsp3) is 0.321. The number of alkyl halides is 1. The largest absolute Gasteiger partial charge is 0.348 e. The topological polar surface area (TPSA) is 94.3 Å². The molecule has 0 radical (unpaired) electrons. The number of likely N-dealkylation sites (tertiary alicyclic amines) is 1. The van der Waals surface area contributed by atoms with Crippen LogP contribution < -0.4 is 10.6 Å². The zero-order valence-corrected chi connectivity index (χ0v) is 20.7. The van der Waals surface area contributed by atoms with Crippen LogP contribution in [0.1, 0.15) is 42.7 Å². The Labute approximate surface area is 216 Å². The second kappa shape index (κ2) is 8.94. The molecule has 5 rings (SSSR count). The lowest BCUT2D eigenvalue weighted by Crippen LogP contribution is -2.52. The van der Waals surface area contributed by atoms with Crippen molar-refractivity contribution in [3.05, 3.63) is 65.4 Å². The van der Waals surface area contributed by atoms with Crippen molar-refractivity contribution in [3.8, 4) is 12.3 Å². The molecule has 0 aliphatic carbocycles. The van der Waals surface area contributed by atoms with E-state index in [0.717, 1.165) is 18.2 Å². The lowest BCUT2D eigenvalue weighted by molar-refractivity contribution is -0.134. The molecule has 2 aromatic carbocycles. The van der Waals surface area contributed by atoms with Crippen LogP contribution in [0.15, 0.2) is 42.5 Å². The number of anilines is 1. The van der Waals surface area contributed by atoms with Crippen molar-refractivity contribution in [1.29, 1.82) is 0 Å². The molecule has 1 spiro atoms. The third-order valence-corrected chi connectivity index (χ3v) is 7.19. The first-order chi connectivity index (χ1) is 17.9. The van der Waals surface area contributed by atoms with E-state index in [9.17, 15) is 27.6 Å². The molecule has 1 aromatic heterocycles. The number of nitrogens with zero attached hydrogens (tertiary/aromatic N) is 1. The summed E-state index contributed by atoms with van der Waals surface area (Å²) in [7, 11) is 0. The average molecular weight is 523 g/mol. The zero-order valence-electron chi connectivity index (χ0n) is 20.7. The number of carbonyl (C=O) groups is 3. The third-order valence-electron chi connectivity index (χ3n) is 7.19. The Hall–Kier alpha value is -4.26. The second-order valence-corrected chi connectivity index (χ2v) is 10.4. The minimum Gasteiger partial charge on any atom is -0.348 e. The van der Waals surface area contributed by atoms with Crippen LogP contribution in [0.5, 0.6) is 0 Å². The van der Waals surface area contributed by atoms with Crippen molar-refractivity contribution in [2.24, 2.45) is 0 Å². The molecular formula is C28H25F3N4O3. The maximum absolute atomic E-state index is 14.8. The minimum atomic E-state index is -1.87. The minimum absolute atomic E-state index is 0.0502. The van der Waals surface area contributed by atoms with Gasteiger partial charge in [-0.1, -0.05) is 24.1 Å². The first-order valence-electron chi connectivity index (χ1n) is 12.1. The number of rotatable bonds is 5. The first kappa shape index (κ1) is 25.4. The van der Waals surface area contributed by atoms with Crippen molar-refractivity contribution in [2.45, 2.75) is 49.9 Å². The lowest BCUT2D eigenvalue weighted by atomic mass is 9.79. The number of aromatic amines is 1. The predicted molar refractivity (Wildman–Crippen MR) is 135 cm³/mol. The van der Waals surface area contributed by atoms with E-state index >= 15 is 0 Å². The fourth-order valence-corrected chi connectivity index (χ4v) is 5.41. The van der Waals surface area contributed by atoms with Gasteiger partial charge in [0.05, 0.1) is 17.0 Å². The predicted octanol–water partition coefficient (Wildman–Crippen LogP) is 3.81. The highest BCUT2D eigenvalue weighted by Gasteiger charge is 2.56. The number of H-pyrrole nitrogens is 1. The molecule has 3 N–H and O–H groups in total. The molecule has 0 unspecified atom stereocenters. The van der Waals surface area contributed by atoms with Gasteiger partial charge >= 0.3 is 0 Å². The summed E-state index contributed by atoms with van der Waals surface area (Å²) >= 11 is 0. The van der Waals surface area contributed by atoms with E-state index in [1.807, 2.05) is 0 Å². The van der Waals surface area contributed by atoms with Crippen LogP contribution in [0.4, 0.5) is 18.9 Å². The Morgan fingerprint density at radius 3 is 2.63 bits per heavy atom. The van der Waals surface area contributed by atoms with Gasteiger partial charge in [0.2, 0.25) is 11.8 Å². The summed E-state index contributed by atoms with van der Waals surface area (Å²) in [6.45, 7) is 2.47. The van der Waals surface area contributed by atoms with Crippen molar-refractivity contribution in [3.63, 3.8) is 0 Å². The molecule has 1 fully saturated rings. The molecular weight excluding hydrogens is 497 g/mol. The SMILES string of the molecule is C#C[C@@H]1C[C@@]2(CN1C(=O)[C@H](CC(C)(C)F)NC(=O)c1cc3c(F)ccc(F)c3[nH]1)C(=O)Nc1ccccc12. The van der Waals surface area contributed by atoms with E-state index in [-0.39, 0.29) is 35.5 Å². The number of hydrogen-bond acceptors (Lipinski definition) is 3. The van der Waals surface area contributed by atoms with Crippen LogP contribution >= 0.6 is 0 Å². The molecule has 0 bridgehead atoms. The normalized spacial score (nSPS) is 21.3. The monoisotopic (exact) mass is 522 g/mol.